The summed E-state index contributed by atoms with van der Waals surface area (Å²) in [6.45, 7) is 5.63. The zero-order chi connectivity index (χ0) is 17.4. The van der Waals surface area contributed by atoms with Crippen molar-refractivity contribution in [3.63, 3.8) is 0 Å². The van der Waals surface area contributed by atoms with Crippen LogP contribution >= 0.6 is 11.3 Å². The Balaban J connectivity index is 2.27. The van der Waals surface area contributed by atoms with E-state index in [1.165, 1.54) is 29.3 Å². The van der Waals surface area contributed by atoms with Crippen LogP contribution in [0.25, 0.3) is 21.3 Å². The number of methoxy groups -OCH3 is 1. The zero-order valence-electron chi connectivity index (χ0n) is 14.0. The van der Waals surface area contributed by atoms with Crippen LogP contribution in [0.1, 0.15) is 23.4 Å². The number of ether oxygens (including phenoxy) is 1. The van der Waals surface area contributed by atoms with Gasteiger partial charge in [0.15, 0.2) is 0 Å². The Bertz CT molecular complexity index is 970. The zero-order valence-corrected chi connectivity index (χ0v) is 14.8. The molecule has 3 aromatic rings. The highest BCUT2D eigenvalue weighted by Gasteiger charge is 2.22. The van der Waals surface area contributed by atoms with Crippen LogP contribution < -0.4 is 5.56 Å². The molecule has 1 atom stereocenters. The molecule has 5 nitrogen and oxygen atoms in total. The quantitative estimate of drug-likeness (QED) is 0.684. The van der Waals surface area contributed by atoms with Crippen LogP contribution in [-0.4, -0.2) is 22.6 Å². The lowest BCUT2D eigenvalue weighted by Crippen LogP contribution is -2.29. The fourth-order valence-corrected chi connectivity index (χ4v) is 3.75. The molecule has 0 aliphatic rings. The minimum Gasteiger partial charge on any atom is -0.467 e. The standard InChI is InChI=1S/C18H18N2O3S/c1-10-5-7-13(8-6-10)14-12(3)24-16-15(14)17(21)20(9-19-16)11(2)18(22)23-4/h5-9,11H,1-4H3/t11-/m1/s1. The van der Waals surface area contributed by atoms with E-state index < -0.39 is 12.0 Å². The molecule has 124 valence electrons. The first kappa shape index (κ1) is 16.4. The van der Waals surface area contributed by atoms with Gasteiger partial charge in [0, 0.05) is 10.4 Å². The predicted octanol–water partition coefficient (Wildman–Crippen LogP) is 3.48. The van der Waals surface area contributed by atoms with Crippen molar-refractivity contribution in [3.05, 3.63) is 51.4 Å². The first-order chi connectivity index (χ1) is 11.4. The summed E-state index contributed by atoms with van der Waals surface area (Å²) in [5, 5.41) is 0.555. The van der Waals surface area contributed by atoms with E-state index in [0.717, 1.165) is 21.6 Å². The number of rotatable bonds is 3. The van der Waals surface area contributed by atoms with Gasteiger partial charge in [0.1, 0.15) is 10.9 Å². The summed E-state index contributed by atoms with van der Waals surface area (Å²) in [7, 11) is 1.31. The Kier molecular flexibility index (Phi) is 4.24. The van der Waals surface area contributed by atoms with Gasteiger partial charge in [-0.15, -0.1) is 11.3 Å². The lowest BCUT2D eigenvalue weighted by molar-refractivity contribution is -0.144. The van der Waals surface area contributed by atoms with Gasteiger partial charge in [0.2, 0.25) is 0 Å². The highest BCUT2D eigenvalue weighted by molar-refractivity contribution is 7.19. The fraction of sp³-hybridized carbons (Fsp3) is 0.278. The molecule has 24 heavy (non-hydrogen) atoms. The molecule has 0 amide bonds. The molecule has 0 spiro atoms. The van der Waals surface area contributed by atoms with Gasteiger partial charge in [-0.1, -0.05) is 29.8 Å². The van der Waals surface area contributed by atoms with E-state index in [-0.39, 0.29) is 5.56 Å². The maximum absolute atomic E-state index is 13.0. The van der Waals surface area contributed by atoms with Gasteiger partial charge in [-0.3, -0.25) is 9.36 Å². The number of nitrogens with zero attached hydrogens (tertiary/aromatic N) is 2. The highest BCUT2D eigenvalue weighted by atomic mass is 32.1. The van der Waals surface area contributed by atoms with Crippen molar-refractivity contribution in [2.24, 2.45) is 0 Å². The second-order valence-corrected chi connectivity index (χ2v) is 6.94. The molecule has 0 radical (unpaired) electrons. The maximum atomic E-state index is 13.0. The Morgan fingerprint density at radius 1 is 1.25 bits per heavy atom. The number of esters is 1. The molecule has 6 heteroatoms. The third-order valence-electron chi connectivity index (χ3n) is 4.11. The van der Waals surface area contributed by atoms with Gasteiger partial charge in [0.25, 0.3) is 5.56 Å². The number of hydrogen-bond acceptors (Lipinski definition) is 5. The van der Waals surface area contributed by atoms with Crippen molar-refractivity contribution in [1.29, 1.82) is 0 Å². The van der Waals surface area contributed by atoms with Crippen molar-refractivity contribution in [3.8, 4) is 11.1 Å². The number of hydrogen-bond donors (Lipinski definition) is 0. The molecule has 3 rings (SSSR count). The molecule has 0 bridgehead atoms. The van der Waals surface area contributed by atoms with Crippen molar-refractivity contribution < 1.29 is 9.53 Å². The number of aromatic nitrogens is 2. The Morgan fingerprint density at radius 3 is 2.54 bits per heavy atom. The number of thiophene rings is 1. The second-order valence-electron chi connectivity index (χ2n) is 5.74. The average molecular weight is 342 g/mol. The molecular formula is C18H18N2O3S. The summed E-state index contributed by atoms with van der Waals surface area (Å²) in [5.74, 6) is -0.470. The minimum atomic E-state index is -0.717. The Labute approximate surface area is 143 Å². The van der Waals surface area contributed by atoms with Crippen LogP contribution in [0.4, 0.5) is 0 Å². The number of aryl methyl sites for hydroxylation is 2. The third-order valence-corrected chi connectivity index (χ3v) is 5.13. The van der Waals surface area contributed by atoms with E-state index in [0.29, 0.717) is 10.2 Å². The SMILES string of the molecule is COC(=O)[C@@H](C)n1cnc2sc(C)c(-c3ccc(C)cc3)c2c1=O. The molecular weight excluding hydrogens is 324 g/mol. The smallest absolute Gasteiger partial charge is 0.328 e. The lowest BCUT2D eigenvalue weighted by atomic mass is 10.0. The first-order valence-electron chi connectivity index (χ1n) is 7.59. The van der Waals surface area contributed by atoms with Crippen LogP contribution in [0.5, 0.6) is 0 Å². The van der Waals surface area contributed by atoms with Gasteiger partial charge in [0.05, 0.1) is 18.8 Å². The molecule has 2 aromatic heterocycles. The molecule has 0 unspecified atom stereocenters. The van der Waals surface area contributed by atoms with Gasteiger partial charge in [-0.2, -0.15) is 0 Å². The second kappa shape index (κ2) is 6.20. The largest absolute Gasteiger partial charge is 0.467 e. The fourth-order valence-electron chi connectivity index (χ4n) is 2.74. The lowest BCUT2D eigenvalue weighted by Gasteiger charge is -2.12. The first-order valence-corrected chi connectivity index (χ1v) is 8.40. The number of benzene rings is 1. The van der Waals surface area contributed by atoms with E-state index in [1.54, 1.807) is 6.92 Å². The summed E-state index contributed by atoms with van der Waals surface area (Å²) < 4.78 is 6.07. The van der Waals surface area contributed by atoms with Crippen LogP contribution in [-0.2, 0) is 9.53 Å². The maximum Gasteiger partial charge on any atom is 0.328 e. The van der Waals surface area contributed by atoms with Gasteiger partial charge in [-0.25, -0.2) is 9.78 Å². The predicted molar refractivity (Wildman–Crippen MR) is 95.5 cm³/mol. The molecule has 0 saturated heterocycles. The molecule has 2 heterocycles. The van der Waals surface area contributed by atoms with Crippen molar-refractivity contribution in [1.82, 2.24) is 9.55 Å². The number of carbonyl (C=O) groups excluding carboxylic acids is 1. The molecule has 0 fully saturated rings. The van der Waals surface area contributed by atoms with Gasteiger partial charge < -0.3 is 4.74 Å². The van der Waals surface area contributed by atoms with E-state index in [4.69, 9.17) is 4.74 Å². The van der Waals surface area contributed by atoms with E-state index in [9.17, 15) is 9.59 Å². The molecule has 0 N–H and O–H groups in total. The third kappa shape index (κ3) is 2.63. The summed E-state index contributed by atoms with van der Waals surface area (Å²) in [5.41, 5.74) is 2.80. The number of carbonyl (C=O) groups is 1. The van der Waals surface area contributed by atoms with Crippen LogP contribution in [0.2, 0.25) is 0 Å². The molecule has 0 saturated carbocycles. The van der Waals surface area contributed by atoms with Crippen molar-refractivity contribution in [2.75, 3.05) is 7.11 Å². The molecule has 0 aliphatic heterocycles. The van der Waals surface area contributed by atoms with Crippen molar-refractivity contribution in [2.45, 2.75) is 26.8 Å². The van der Waals surface area contributed by atoms with E-state index in [1.807, 2.05) is 38.1 Å². The van der Waals surface area contributed by atoms with Crippen molar-refractivity contribution >= 4 is 27.5 Å². The summed E-state index contributed by atoms with van der Waals surface area (Å²) >= 11 is 1.49. The Morgan fingerprint density at radius 2 is 1.92 bits per heavy atom. The minimum absolute atomic E-state index is 0.224. The summed E-state index contributed by atoms with van der Waals surface area (Å²) in [6.07, 6.45) is 1.42. The normalized spacial score (nSPS) is 12.3. The van der Waals surface area contributed by atoms with E-state index >= 15 is 0 Å². The van der Waals surface area contributed by atoms with Crippen LogP contribution in [0.15, 0.2) is 35.4 Å². The molecule has 0 aliphatic carbocycles. The number of fused-ring (bicyclic) bond motifs is 1. The van der Waals surface area contributed by atoms with E-state index in [2.05, 4.69) is 4.98 Å². The topological polar surface area (TPSA) is 61.2 Å². The Hall–Kier alpha value is -2.47. The summed E-state index contributed by atoms with van der Waals surface area (Å²) in [6, 6.07) is 7.33. The monoisotopic (exact) mass is 342 g/mol. The highest BCUT2D eigenvalue weighted by Crippen LogP contribution is 2.35. The van der Waals surface area contributed by atoms with Crippen LogP contribution in [0, 0.1) is 13.8 Å². The van der Waals surface area contributed by atoms with Crippen LogP contribution in [0.3, 0.4) is 0 Å². The molecule has 1 aromatic carbocycles. The average Bonchev–Trinajstić information content (AvgIpc) is 2.91. The van der Waals surface area contributed by atoms with Gasteiger partial charge >= 0.3 is 5.97 Å². The van der Waals surface area contributed by atoms with Gasteiger partial charge in [-0.05, 0) is 26.3 Å². The summed E-state index contributed by atoms with van der Waals surface area (Å²) in [4.78, 5) is 30.9.